The first-order chi connectivity index (χ1) is 17.6. The number of nitrogens with zero attached hydrogens (tertiary/aromatic N) is 5. The van der Waals surface area contributed by atoms with E-state index < -0.39 is 11.7 Å². The Morgan fingerprint density at radius 2 is 1.97 bits per heavy atom. The molecule has 7 nitrogen and oxygen atoms in total. The molecule has 2 aromatic heterocycles. The van der Waals surface area contributed by atoms with Crippen LogP contribution in [0.25, 0.3) is 6.20 Å². The summed E-state index contributed by atoms with van der Waals surface area (Å²) >= 11 is 6.55. The second-order valence-corrected chi connectivity index (χ2v) is 9.65. The normalized spacial score (nSPS) is 17.6. The highest BCUT2D eigenvalue weighted by Gasteiger charge is 2.42. The molecule has 1 aliphatic rings. The van der Waals surface area contributed by atoms with Crippen LogP contribution in [0.15, 0.2) is 64.7 Å². The lowest BCUT2D eigenvalue weighted by atomic mass is 10.0. The van der Waals surface area contributed by atoms with Crippen molar-refractivity contribution in [2.24, 2.45) is 12.0 Å². The van der Waals surface area contributed by atoms with E-state index in [1.54, 1.807) is 50.0 Å². The zero-order valence-corrected chi connectivity index (χ0v) is 22.2. The average molecular weight is 522 g/mol. The summed E-state index contributed by atoms with van der Waals surface area (Å²) in [6.07, 6.45) is 9.09. The van der Waals surface area contributed by atoms with Crippen molar-refractivity contribution in [3.63, 3.8) is 0 Å². The minimum absolute atomic E-state index is 0.0586. The second-order valence-electron chi connectivity index (χ2n) is 9.27. The van der Waals surface area contributed by atoms with Gasteiger partial charge in [0, 0.05) is 56.9 Å². The number of carbonyl (C=O) groups is 1. The molecule has 2 atom stereocenters. The molecule has 37 heavy (non-hydrogen) atoms. The third-order valence-corrected chi connectivity index (χ3v) is 6.74. The van der Waals surface area contributed by atoms with Crippen LogP contribution in [0.4, 0.5) is 4.39 Å². The second kappa shape index (κ2) is 10.7. The number of hydrogen-bond acceptors (Lipinski definition) is 4. The Kier molecular flexibility index (Phi) is 7.59. The van der Waals surface area contributed by atoms with Crippen LogP contribution in [0, 0.1) is 12.7 Å². The first-order valence-corrected chi connectivity index (χ1v) is 12.3. The summed E-state index contributed by atoms with van der Waals surface area (Å²) in [5, 5.41) is 4.64. The smallest absolute Gasteiger partial charge is 0.273 e. The monoisotopic (exact) mass is 521 g/mol. The molecule has 2 heterocycles. The van der Waals surface area contributed by atoms with Gasteiger partial charge in [0.25, 0.3) is 11.5 Å². The molecule has 4 rings (SSSR count). The number of pyridine rings is 1. The van der Waals surface area contributed by atoms with Crippen molar-refractivity contribution in [1.29, 1.82) is 0 Å². The van der Waals surface area contributed by atoms with E-state index in [4.69, 9.17) is 11.6 Å². The lowest BCUT2D eigenvalue weighted by Gasteiger charge is -2.13. The summed E-state index contributed by atoms with van der Waals surface area (Å²) < 4.78 is 18.5. The van der Waals surface area contributed by atoms with Crippen molar-refractivity contribution in [2.75, 3.05) is 14.1 Å². The van der Waals surface area contributed by atoms with Crippen LogP contribution in [0.2, 0.25) is 5.02 Å². The molecule has 1 aromatic carbocycles. The number of rotatable bonds is 7. The maximum Gasteiger partial charge on any atom is 0.273 e. The molecule has 1 aliphatic carbocycles. The summed E-state index contributed by atoms with van der Waals surface area (Å²) in [5.41, 5.74) is 2.48. The quantitative estimate of drug-likeness (QED) is 0.404. The maximum atomic E-state index is 15.4. The number of allylic oxidation sites excluding steroid dienone is 2. The van der Waals surface area contributed by atoms with Crippen LogP contribution in [0.3, 0.4) is 0 Å². The molecule has 1 fully saturated rings. The van der Waals surface area contributed by atoms with Gasteiger partial charge in [0.15, 0.2) is 0 Å². The van der Waals surface area contributed by atoms with Gasteiger partial charge in [0.05, 0.1) is 17.0 Å². The third kappa shape index (κ3) is 5.34. The number of halogens is 2. The Labute approximate surface area is 220 Å². The Hall–Kier alpha value is -3.78. The summed E-state index contributed by atoms with van der Waals surface area (Å²) in [5.74, 6) is -0.748. The summed E-state index contributed by atoms with van der Waals surface area (Å²) in [6, 6.07) is 8.49. The van der Waals surface area contributed by atoms with Gasteiger partial charge in [0.2, 0.25) is 0 Å². The van der Waals surface area contributed by atoms with Crippen molar-refractivity contribution in [2.45, 2.75) is 32.1 Å². The molecule has 1 amide bonds. The maximum absolute atomic E-state index is 15.4. The highest BCUT2D eigenvalue weighted by molar-refractivity contribution is 6.31. The Balaban J connectivity index is 1.68. The fourth-order valence-corrected chi connectivity index (χ4v) is 4.62. The summed E-state index contributed by atoms with van der Waals surface area (Å²) in [6.45, 7) is 3.61. The van der Waals surface area contributed by atoms with Crippen molar-refractivity contribution >= 4 is 29.4 Å². The Morgan fingerprint density at radius 1 is 1.24 bits per heavy atom. The predicted molar refractivity (Wildman–Crippen MR) is 145 cm³/mol. The highest BCUT2D eigenvalue weighted by Crippen LogP contribution is 2.55. The number of aromatic nitrogens is 3. The van der Waals surface area contributed by atoms with Crippen molar-refractivity contribution in [3.8, 4) is 0 Å². The van der Waals surface area contributed by atoms with E-state index >= 15 is 4.39 Å². The topological polar surface area (TPSA) is 72.5 Å². The van der Waals surface area contributed by atoms with Gasteiger partial charge in [0.1, 0.15) is 10.8 Å². The van der Waals surface area contributed by atoms with Gasteiger partial charge >= 0.3 is 0 Å². The van der Waals surface area contributed by atoms with Gasteiger partial charge in [-0.3, -0.25) is 23.8 Å². The zero-order chi connectivity index (χ0) is 26.9. The molecule has 0 aliphatic heterocycles. The summed E-state index contributed by atoms with van der Waals surface area (Å²) in [7, 11) is 5.00. The molecular formula is C28H29ClFN5O2. The van der Waals surface area contributed by atoms with Gasteiger partial charge in [-0.15, -0.1) is 0 Å². The van der Waals surface area contributed by atoms with Crippen molar-refractivity contribution in [1.82, 2.24) is 19.2 Å². The van der Waals surface area contributed by atoms with Crippen molar-refractivity contribution < 1.29 is 9.18 Å². The first kappa shape index (κ1) is 26.3. The van der Waals surface area contributed by atoms with E-state index in [0.29, 0.717) is 5.69 Å². The molecule has 0 N–H and O–H groups in total. The SMILES string of the molecule is C/C=C/N=C(/C=C/n1c(C)cc(C2CC2c2ccn(C)n2)c(Cl)c1=O)c1cccc(C(=O)N(C)C)c1F. The van der Waals surface area contributed by atoms with E-state index in [9.17, 15) is 9.59 Å². The largest absolute Gasteiger partial charge is 0.345 e. The lowest BCUT2D eigenvalue weighted by Crippen LogP contribution is -2.23. The zero-order valence-electron chi connectivity index (χ0n) is 21.4. The van der Waals surface area contributed by atoms with Gasteiger partial charge < -0.3 is 4.90 Å². The van der Waals surface area contributed by atoms with E-state index in [1.807, 2.05) is 32.3 Å². The van der Waals surface area contributed by atoms with Crippen LogP contribution < -0.4 is 5.56 Å². The van der Waals surface area contributed by atoms with E-state index in [2.05, 4.69) is 10.1 Å². The number of hydrogen-bond donors (Lipinski definition) is 0. The lowest BCUT2D eigenvalue weighted by molar-refractivity contribution is 0.0823. The molecule has 0 bridgehead atoms. The molecule has 9 heteroatoms. The van der Waals surface area contributed by atoms with E-state index in [0.717, 1.165) is 17.7 Å². The standard InChI is InChI=1S/C28H29ClFN5O2/c1-6-12-31-23(18-8-7-9-19(26(18)30)27(36)33(3)4)11-14-35-17(2)15-22(25(29)28(35)37)20-16-21(20)24-10-13-34(5)32-24/h6-15,20-21H,16H2,1-5H3/b12-6+,14-11+,31-23-. The van der Waals surface area contributed by atoms with Crippen molar-refractivity contribution in [3.05, 3.63) is 104 Å². The number of aryl methyl sites for hydroxylation is 2. The van der Waals surface area contributed by atoms with E-state index in [-0.39, 0.29) is 39.3 Å². The number of carbonyl (C=O) groups excluding carboxylic acids is 1. The Bertz CT molecular complexity index is 1500. The van der Waals surface area contributed by atoms with Crippen LogP contribution in [-0.4, -0.2) is 45.0 Å². The van der Waals surface area contributed by atoms with Crippen LogP contribution in [-0.2, 0) is 7.05 Å². The van der Waals surface area contributed by atoms with Gasteiger partial charge in [-0.1, -0.05) is 23.7 Å². The third-order valence-electron chi connectivity index (χ3n) is 6.36. The van der Waals surface area contributed by atoms with Crippen LogP contribution in [0.5, 0.6) is 0 Å². The molecule has 0 saturated heterocycles. The minimum Gasteiger partial charge on any atom is -0.345 e. The fourth-order valence-electron chi connectivity index (χ4n) is 4.34. The van der Waals surface area contributed by atoms with Gasteiger partial charge in [-0.25, -0.2) is 4.39 Å². The molecular weight excluding hydrogens is 493 g/mol. The number of amides is 1. The molecule has 2 unspecified atom stereocenters. The highest BCUT2D eigenvalue weighted by atomic mass is 35.5. The minimum atomic E-state index is -0.680. The van der Waals surface area contributed by atoms with Crippen LogP contribution >= 0.6 is 11.6 Å². The average Bonchev–Trinajstić information content (AvgIpc) is 3.54. The Morgan fingerprint density at radius 3 is 2.62 bits per heavy atom. The van der Waals surface area contributed by atoms with E-state index in [1.165, 1.54) is 27.9 Å². The molecule has 1 saturated carbocycles. The molecule has 3 aromatic rings. The summed E-state index contributed by atoms with van der Waals surface area (Å²) in [4.78, 5) is 31.3. The van der Waals surface area contributed by atoms with Gasteiger partial charge in [-0.05, 0) is 62.1 Å². The molecule has 192 valence electrons. The first-order valence-electron chi connectivity index (χ1n) is 11.9. The predicted octanol–water partition coefficient (Wildman–Crippen LogP) is 5.15. The fraction of sp³-hybridized carbons (Fsp3) is 0.286. The molecule has 0 spiro atoms. The molecule has 0 radical (unpaired) electrons. The number of benzene rings is 1. The number of aliphatic imine (C=N–C) groups is 1. The van der Waals surface area contributed by atoms with Gasteiger partial charge in [-0.2, -0.15) is 5.10 Å². The van der Waals surface area contributed by atoms with Crippen LogP contribution in [0.1, 0.15) is 58.1 Å².